The Morgan fingerprint density at radius 3 is 2.58 bits per heavy atom. The lowest BCUT2D eigenvalue weighted by atomic mass is 10.1. The van der Waals surface area contributed by atoms with Crippen molar-refractivity contribution in [3.05, 3.63) is 81.7 Å². The lowest BCUT2D eigenvalue weighted by Gasteiger charge is -2.24. The Bertz CT molecular complexity index is 1300. The van der Waals surface area contributed by atoms with Gasteiger partial charge < -0.3 is 10.1 Å². The number of rotatable bonds is 3. The fraction of sp³-hybridized carbons (Fsp3) is 0.259. The van der Waals surface area contributed by atoms with Gasteiger partial charge in [-0.05, 0) is 91.9 Å². The molecule has 0 fully saturated rings. The maximum atomic E-state index is 12.0. The van der Waals surface area contributed by atoms with Crippen molar-refractivity contribution < 1.29 is 9.53 Å². The number of carbonyl (C=O) groups is 1. The van der Waals surface area contributed by atoms with E-state index < -0.39 is 5.60 Å². The first-order valence-corrected chi connectivity index (χ1v) is 12.7. The minimum atomic E-state index is -0.449. The summed E-state index contributed by atoms with van der Waals surface area (Å²) in [6.07, 6.45) is 6.23. The first kappa shape index (κ1) is 25.9. The summed E-state index contributed by atoms with van der Waals surface area (Å²) in [4.78, 5) is 25.8. The number of aliphatic imine (C=N–C) groups is 1. The molecule has 5 rings (SSSR count). The molecule has 3 heterocycles. The lowest BCUT2D eigenvalue weighted by Crippen LogP contribution is -2.35. The summed E-state index contributed by atoms with van der Waals surface area (Å²) in [5, 5.41) is 3.40. The highest BCUT2D eigenvalue weighted by Gasteiger charge is 2.28. The van der Waals surface area contributed by atoms with Crippen LogP contribution in [0.3, 0.4) is 0 Å². The van der Waals surface area contributed by atoms with Crippen molar-refractivity contribution in [2.75, 3.05) is 23.3 Å². The van der Waals surface area contributed by atoms with Crippen molar-refractivity contribution in [3.8, 4) is 0 Å². The molecule has 0 bridgehead atoms. The largest absolute Gasteiger partial charge is 0.443 e. The van der Waals surface area contributed by atoms with Gasteiger partial charge in [0.2, 0.25) is 5.28 Å². The highest BCUT2D eigenvalue weighted by Crippen LogP contribution is 2.31. The monoisotopic (exact) mass is 567 g/mol. The predicted octanol–water partition coefficient (Wildman–Crippen LogP) is 7.09. The van der Waals surface area contributed by atoms with Crippen LogP contribution in [-0.2, 0) is 11.2 Å². The highest BCUT2D eigenvalue weighted by molar-refractivity contribution is 9.10. The maximum absolute atomic E-state index is 12.0. The molecule has 3 aromatic rings. The fourth-order valence-electron chi connectivity index (χ4n) is 3.72. The molecular formula is C27H27BrClN5O2. The van der Waals surface area contributed by atoms with E-state index in [4.69, 9.17) is 16.3 Å². The topological polar surface area (TPSA) is 79.7 Å². The molecule has 0 spiro atoms. The molecule has 0 saturated heterocycles. The number of amides is 1. The molecule has 0 aliphatic carbocycles. The first-order valence-electron chi connectivity index (χ1n) is 11.5. The van der Waals surface area contributed by atoms with Crippen molar-refractivity contribution >= 4 is 62.6 Å². The Labute approximate surface area is 224 Å². The van der Waals surface area contributed by atoms with E-state index in [0.29, 0.717) is 12.4 Å². The van der Waals surface area contributed by atoms with Crippen molar-refractivity contribution in [1.82, 2.24) is 9.97 Å². The van der Waals surface area contributed by atoms with Gasteiger partial charge in [0.25, 0.3) is 0 Å². The lowest BCUT2D eigenvalue weighted by molar-refractivity contribution is 0.0584. The van der Waals surface area contributed by atoms with Crippen LogP contribution < -0.4 is 10.2 Å². The van der Waals surface area contributed by atoms with E-state index in [1.54, 1.807) is 17.2 Å². The number of anilines is 3. The van der Waals surface area contributed by atoms with Crippen LogP contribution in [0.1, 0.15) is 31.9 Å². The zero-order valence-electron chi connectivity index (χ0n) is 20.3. The SMILES string of the molecule is CC(C)(C)OC(=O)N1CCc2cc(Br)ccc21.Clc1nccc(Nc2ccc(C3=CCN=C3)cc2)n1. The number of hydrogen-bond acceptors (Lipinski definition) is 6. The molecule has 2 aromatic carbocycles. The molecular weight excluding hydrogens is 542 g/mol. The van der Waals surface area contributed by atoms with Crippen LogP contribution in [0.4, 0.5) is 22.0 Å². The average Bonchev–Trinajstić information content (AvgIpc) is 3.49. The smallest absolute Gasteiger partial charge is 0.414 e. The molecule has 1 N–H and O–H groups in total. The Kier molecular flexibility index (Phi) is 8.06. The third-order valence-corrected chi connectivity index (χ3v) is 5.99. The molecule has 1 aromatic heterocycles. The number of allylic oxidation sites excluding steroid dienone is 1. The van der Waals surface area contributed by atoms with Crippen LogP contribution in [0.25, 0.3) is 5.57 Å². The number of carbonyl (C=O) groups excluding carboxylic acids is 1. The Morgan fingerprint density at radius 1 is 1.14 bits per heavy atom. The van der Waals surface area contributed by atoms with Gasteiger partial charge in [-0.1, -0.05) is 34.1 Å². The Morgan fingerprint density at radius 2 is 1.92 bits per heavy atom. The van der Waals surface area contributed by atoms with E-state index in [2.05, 4.69) is 48.3 Å². The van der Waals surface area contributed by atoms with Crippen LogP contribution in [0, 0.1) is 0 Å². The summed E-state index contributed by atoms with van der Waals surface area (Å²) < 4.78 is 6.43. The van der Waals surface area contributed by atoms with Crippen molar-refractivity contribution in [2.45, 2.75) is 32.8 Å². The second-order valence-corrected chi connectivity index (χ2v) is 10.5. The summed E-state index contributed by atoms with van der Waals surface area (Å²) in [7, 11) is 0. The number of halogens is 2. The summed E-state index contributed by atoms with van der Waals surface area (Å²) in [5.74, 6) is 0.675. The number of hydrogen-bond donors (Lipinski definition) is 1. The summed E-state index contributed by atoms with van der Waals surface area (Å²) in [6.45, 7) is 7.10. The molecule has 36 heavy (non-hydrogen) atoms. The third-order valence-electron chi connectivity index (χ3n) is 5.31. The molecule has 186 valence electrons. The van der Waals surface area contributed by atoms with Crippen LogP contribution >= 0.6 is 27.5 Å². The standard InChI is InChI=1S/C14H11ClN4.C13H16BrNO2/c15-14-17-8-6-13(19-14)18-12-3-1-10(2-4-12)11-5-7-16-9-11;1-13(2,3)17-12(16)15-7-6-9-8-10(14)4-5-11(9)15/h1-6,8-9H,7H2,(H,17,18,19);4-5,8H,6-7H2,1-3H3. The predicted molar refractivity (Wildman–Crippen MR) is 150 cm³/mol. The minimum absolute atomic E-state index is 0.231. The van der Waals surface area contributed by atoms with Gasteiger partial charge in [0.15, 0.2) is 0 Å². The highest BCUT2D eigenvalue weighted by atomic mass is 79.9. The molecule has 1 amide bonds. The van der Waals surface area contributed by atoms with Gasteiger partial charge in [-0.3, -0.25) is 9.89 Å². The van der Waals surface area contributed by atoms with Crippen molar-refractivity contribution in [3.63, 3.8) is 0 Å². The van der Waals surface area contributed by atoms with Gasteiger partial charge in [-0.2, -0.15) is 0 Å². The average molecular weight is 569 g/mol. The van der Waals surface area contributed by atoms with E-state index in [1.807, 2.05) is 63.4 Å². The molecule has 0 saturated carbocycles. The number of nitrogens with zero attached hydrogens (tertiary/aromatic N) is 4. The fourth-order valence-corrected chi connectivity index (χ4v) is 4.28. The van der Waals surface area contributed by atoms with E-state index >= 15 is 0 Å². The Hall–Kier alpha value is -3.23. The summed E-state index contributed by atoms with van der Waals surface area (Å²) >= 11 is 9.17. The molecule has 2 aliphatic heterocycles. The van der Waals surface area contributed by atoms with Gasteiger partial charge in [0.1, 0.15) is 11.4 Å². The first-order chi connectivity index (χ1) is 17.2. The number of nitrogens with one attached hydrogen (secondary N) is 1. The van der Waals surface area contributed by atoms with Crippen molar-refractivity contribution in [1.29, 1.82) is 0 Å². The van der Waals surface area contributed by atoms with Crippen LogP contribution in [0.5, 0.6) is 0 Å². The van der Waals surface area contributed by atoms with Gasteiger partial charge in [0, 0.05) is 29.1 Å². The quantitative estimate of drug-likeness (QED) is 0.341. The molecule has 0 unspecified atom stereocenters. The number of ether oxygens (including phenoxy) is 1. The van der Waals surface area contributed by atoms with Crippen LogP contribution in [-0.4, -0.2) is 41.0 Å². The van der Waals surface area contributed by atoms with E-state index in [-0.39, 0.29) is 11.4 Å². The van der Waals surface area contributed by atoms with Crippen LogP contribution in [0.2, 0.25) is 5.28 Å². The van der Waals surface area contributed by atoms with Crippen molar-refractivity contribution in [2.24, 2.45) is 4.99 Å². The van der Waals surface area contributed by atoms with Gasteiger partial charge >= 0.3 is 6.09 Å². The number of benzene rings is 2. The maximum Gasteiger partial charge on any atom is 0.414 e. The molecule has 9 heteroatoms. The minimum Gasteiger partial charge on any atom is -0.443 e. The second kappa shape index (κ2) is 11.2. The molecule has 0 atom stereocenters. The molecule has 0 radical (unpaired) electrons. The zero-order chi connectivity index (χ0) is 25.7. The molecule has 2 aliphatic rings. The number of fused-ring (bicyclic) bond motifs is 1. The van der Waals surface area contributed by atoms with E-state index in [0.717, 1.165) is 39.9 Å². The normalized spacial score (nSPS) is 14.0. The van der Waals surface area contributed by atoms with E-state index in [9.17, 15) is 4.79 Å². The van der Waals surface area contributed by atoms with Gasteiger partial charge in [-0.25, -0.2) is 14.8 Å². The van der Waals surface area contributed by atoms with Gasteiger partial charge in [-0.15, -0.1) is 0 Å². The van der Waals surface area contributed by atoms with Crippen LogP contribution in [0.15, 0.2) is 70.3 Å². The zero-order valence-corrected chi connectivity index (χ0v) is 22.7. The van der Waals surface area contributed by atoms with Gasteiger partial charge in [0.05, 0.1) is 12.2 Å². The third kappa shape index (κ3) is 6.92. The summed E-state index contributed by atoms with van der Waals surface area (Å²) in [6, 6.07) is 15.8. The van der Waals surface area contributed by atoms with E-state index in [1.165, 1.54) is 5.56 Å². The Balaban J connectivity index is 0.000000170. The second-order valence-electron chi connectivity index (χ2n) is 9.22. The molecule has 7 nitrogen and oxygen atoms in total. The summed E-state index contributed by atoms with van der Waals surface area (Å²) in [5.41, 5.74) is 4.97. The number of aromatic nitrogens is 2.